The molecule has 0 aliphatic carbocycles. The smallest absolute Gasteiger partial charge is 0.0339 e. The second-order valence-corrected chi connectivity index (χ2v) is 4.75. The minimum absolute atomic E-state index is 0.413. The highest BCUT2D eigenvalue weighted by Gasteiger charge is 2.06. The molecular weight excluding hydrogens is 242 g/mol. The van der Waals surface area contributed by atoms with Crippen LogP contribution in [0.1, 0.15) is 40.5 Å². The molecule has 0 fully saturated rings. The van der Waals surface area contributed by atoms with Gasteiger partial charge in [-0.15, -0.1) is 0 Å². The summed E-state index contributed by atoms with van der Waals surface area (Å²) in [6.07, 6.45) is 16.5. The van der Waals surface area contributed by atoms with Crippen molar-refractivity contribution in [2.45, 2.75) is 46.6 Å². The fourth-order valence-electron chi connectivity index (χ4n) is 1.74. The zero-order valence-electron chi connectivity index (χ0n) is 13.4. The lowest BCUT2D eigenvalue weighted by Crippen LogP contribution is -2.27. The van der Waals surface area contributed by atoms with E-state index in [9.17, 15) is 0 Å². The van der Waals surface area contributed by atoms with Crippen LogP contribution in [-0.2, 0) is 0 Å². The number of hydrogen-bond acceptors (Lipinski definition) is 1. The molecule has 0 saturated carbocycles. The molecule has 0 bridgehead atoms. The van der Waals surface area contributed by atoms with Gasteiger partial charge in [0.25, 0.3) is 0 Å². The van der Waals surface area contributed by atoms with E-state index in [1.54, 1.807) is 0 Å². The van der Waals surface area contributed by atoms with E-state index in [0.717, 1.165) is 24.1 Å². The van der Waals surface area contributed by atoms with E-state index in [2.05, 4.69) is 55.8 Å². The average molecular weight is 271 g/mol. The summed E-state index contributed by atoms with van der Waals surface area (Å²) in [5.74, 6) is 0. The Morgan fingerprint density at radius 3 is 2.50 bits per heavy atom. The molecule has 1 nitrogen and oxygen atoms in total. The Bertz CT molecular complexity index is 419. The zero-order chi connectivity index (χ0) is 15.4. The second kappa shape index (κ2) is 11.1. The molecule has 1 N–H and O–H groups in total. The Labute approximate surface area is 125 Å². The summed E-state index contributed by atoms with van der Waals surface area (Å²) >= 11 is 0. The summed E-state index contributed by atoms with van der Waals surface area (Å²) in [6, 6.07) is 0.413. The van der Waals surface area contributed by atoms with Gasteiger partial charge in [0.05, 0.1) is 0 Å². The molecule has 1 atom stereocenters. The fourth-order valence-corrected chi connectivity index (χ4v) is 1.74. The van der Waals surface area contributed by atoms with Crippen molar-refractivity contribution in [3.8, 4) is 0 Å². The van der Waals surface area contributed by atoms with E-state index < -0.39 is 0 Å². The lowest BCUT2D eigenvalue weighted by Gasteiger charge is -2.19. The van der Waals surface area contributed by atoms with Crippen molar-refractivity contribution in [1.29, 1.82) is 0 Å². The van der Waals surface area contributed by atoms with Crippen LogP contribution >= 0.6 is 0 Å². The minimum atomic E-state index is 0.413. The molecule has 0 aromatic heterocycles. The summed E-state index contributed by atoms with van der Waals surface area (Å²) in [7, 11) is 0. The van der Waals surface area contributed by atoms with Crippen LogP contribution in [0.15, 0.2) is 72.5 Å². The van der Waals surface area contributed by atoms with Crippen molar-refractivity contribution in [1.82, 2.24) is 5.32 Å². The van der Waals surface area contributed by atoms with Crippen LogP contribution in [0, 0.1) is 0 Å². The number of nitrogens with one attached hydrogen (secondary N) is 1. The molecule has 0 radical (unpaired) electrons. The van der Waals surface area contributed by atoms with Crippen LogP contribution in [0.5, 0.6) is 0 Å². The largest absolute Gasteiger partial charge is 0.382 e. The molecule has 0 rings (SSSR count). The molecule has 0 heterocycles. The summed E-state index contributed by atoms with van der Waals surface area (Å²) < 4.78 is 0. The molecular formula is C19H29N. The Hall–Kier alpha value is -1.76. The van der Waals surface area contributed by atoms with Gasteiger partial charge < -0.3 is 5.32 Å². The monoisotopic (exact) mass is 271 g/mol. The second-order valence-electron chi connectivity index (χ2n) is 4.75. The van der Waals surface area contributed by atoms with Crippen molar-refractivity contribution in [2.24, 2.45) is 0 Å². The molecule has 0 aliphatic heterocycles. The highest BCUT2D eigenvalue weighted by atomic mass is 14.9. The highest BCUT2D eigenvalue weighted by molar-refractivity contribution is 5.36. The third-order valence-electron chi connectivity index (χ3n) is 3.11. The van der Waals surface area contributed by atoms with Crippen LogP contribution in [-0.4, -0.2) is 6.04 Å². The molecule has 0 saturated heterocycles. The van der Waals surface area contributed by atoms with E-state index in [0.29, 0.717) is 6.04 Å². The molecule has 20 heavy (non-hydrogen) atoms. The predicted octanol–water partition coefficient (Wildman–Crippen LogP) is 5.47. The normalized spacial score (nSPS) is 14.8. The SMILES string of the molecule is C=C/C(C)=C/C=C\CC(CC)NC(=C)C(/C=C\C)=C/C. The zero-order valence-corrected chi connectivity index (χ0v) is 13.4. The fraction of sp³-hybridized carbons (Fsp3) is 0.368. The van der Waals surface area contributed by atoms with Crippen molar-refractivity contribution < 1.29 is 0 Å². The Balaban J connectivity index is 4.49. The first-order valence-electron chi connectivity index (χ1n) is 7.29. The van der Waals surface area contributed by atoms with Crippen LogP contribution in [0.25, 0.3) is 0 Å². The summed E-state index contributed by atoms with van der Waals surface area (Å²) in [4.78, 5) is 0. The lowest BCUT2D eigenvalue weighted by molar-refractivity contribution is 0.560. The molecule has 1 unspecified atom stereocenters. The summed E-state index contributed by atoms with van der Waals surface area (Å²) in [6.45, 7) is 16.1. The Morgan fingerprint density at radius 1 is 1.30 bits per heavy atom. The molecule has 0 aliphatic rings. The predicted molar refractivity (Wildman–Crippen MR) is 92.6 cm³/mol. The van der Waals surface area contributed by atoms with Crippen LogP contribution < -0.4 is 5.32 Å². The van der Waals surface area contributed by atoms with Crippen molar-refractivity contribution in [3.05, 3.63) is 72.5 Å². The first-order valence-corrected chi connectivity index (χ1v) is 7.29. The first-order chi connectivity index (χ1) is 9.58. The standard InChI is InChI=1S/C19H29N/c1-7-13-18(9-3)17(6)20-19(10-4)15-12-11-14-16(5)8-2/h7-9,11-14,19-20H,2,6,10,15H2,1,3-5H3/b12-11-,13-7-,16-14+,18-9+. The van der Waals surface area contributed by atoms with Gasteiger partial charge >= 0.3 is 0 Å². The van der Waals surface area contributed by atoms with Crippen LogP contribution in [0.3, 0.4) is 0 Å². The number of rotatable bonds is 9. The van der Waals surface area contributed by atoms with Gasteiger partial charge in [-0.05, 0) is 39.2 Å². The maximum absolute atomic E-state index is 4.12. The quantitative estimate of drug-likeness (QED) is 0.548. The van der Waals surface area contributed by atoms with Gasteiger partial charge in [-0.2, -0.15) is 0 Å². The van der Waals surface area contributed by atoms with E-state index in [4.69, 9.17) is 0 Å². The van der Waals surface area contributed by atoms with Crippen LogP contribution in [0.4, 0.5) is 0 Å². The summed E-state index contributed by atoms with van der Waals surface area (Å²) in [5.41, 5.74) is 3.32. The van der Waals surface area contributed by atoms with Crippen LogP contribution in [0.2, 0.25) is 0 Å². The van der Waals surface area contributed by atoms with Gasteiger partial charge in [-0.25, -0.2) is 0 Å². The maximum atomic E-state index is 4.12. The topological polar surface area (TPSA) is 12.0 Å². The maximum Gasteiger partial charge on any atom is 0.0339 e. The van der Waals surface area contributed by atoms with Gasteiger partial charge in [0.15, 0.2) is 0 Å². The van der Waals surface area contributed by atoms with E-state index in [-0.39, 0.29) is 0 Å². The molecule has 0 amide bonds. The minimum Gasteiger partial charge on any atom is -0.382 e. The molecule has 1 heteroatoms. The lowest BCUT2D eigenvalue weighted by atomic mass is 10.1. The van der Waals surface area contributed by atoms with E-state index in [1.165, 1.54) is 5.57 Å². The number of hydrogen-bond donors (Lipinski definition) is 1. The van der Waals surface area contributed by atoms with E-state index in [1.807, 2.05) is 32.9 Å². The molecule has 0 aromatic rings. The van der Waals surface area contributed by atoms with Gasteiger partial charge in [-0.3, -0.25) is 0 Å². The van der Waals surface area contributed by atoms with Crippen molar-refractivity contribution in [3.63, 3.8) is 0 Å². The highest BCUT2D eigenvalue weighted by Crippen LogP contribution is 2.10. The van der Waals surface area contributed by atoms with Crippen molar-refractivity contribution >= 4 is 0 Å². The van der Waals surface area contributed by atoms with Gasteiger partial charge in [0.2, 0.25) is 0 Å². The summed E-state index contributed by atoms with van der Waals surface area (Å²) in [5, 5.41) is 3.50. The molecule has 0 aromatic carbocycles. The number of allylic oxidation sites excluding steroid dienone is 7. The van der Waals surface area contributed by atoms with Gasteiger partial charge in [-0.1, -0.05) is 68.2 Å². The Kier molecular flexibility index (Phi) is 10.1. The molecule has 110 valence electrons. The van der Waals surface area contributed by atoms with Gasteiger partial charge in [0.1, 0.15) is 0 Å². The molecule has 0 spiro atoms. The third-order valence-corrected chi connectivity index (χ3v) is 3.11. The first kappa shape index (κ1) is 18.2. The van der Waals surface area contributed by atoms with Crippen molar-refractivity contribution in [2.75, 3.05) is 0 Å². The van der Waals surface area contributed by atoms with E-state index >= 15 is 0 Å². The average Bonchev–Trinajstić information content (AvgIpc) is 2.47. The third kappa shape index (κ3) is 7.63. The van der Waals surface area contributed by atoms with Gasteiger partial charge in [0, 0.05) is 11.7 Å². The Morgan fingerprint density at radius 2 is 2.00 bits per heavy atom.